The lowest BCUT2D eigenvalue weighted by atomic mass is 10.2. The van der Waals surface area contributed by atoms with Gasteiger partial charge >= 0.3 is 0 Å². The van der Waals surface area contributed by atoms with Gasteiger partial charge in [0.05, 0.1) is 13.7 Å². The highest BCUT2D eigenvalue weighted by atomic mass is 16.5. The number of likely N-dealkylation sites (N-methyl/N-ethyl adjacent to an activating group) is 1. The number of hydrogen-bond donors (Lipinski definition) is 2. The molecular formula is C16H26N4O3. The van der Waals surface area contributed by atoms with Crippen molar-refractivity contribution in [3.63, 3.8) is 0 Å². The van der Waals surface area contributed by atoms with Crippen molar-refractivity contribution in [1.29, 1.82) is 0 Å². The van der Waals surface area contributed by atoms with Crippen LogP contribution in [0.3, 0.4) is 0 Å². The smallest absolute Gasteiger partial charge is 0.243 e. The van der Waals surface area contributed by atoms with E-state index in [1.807, 2.05) is 32.0 Å². The van der Waals surface area contributed by atoms with Gasteiger partial charge in [-0.15, -0.1) is 0 Å². The van der Waals surface area contributed by atoms with E-state index in [0.29, 0.717) is 30.6 Å². The number of ether oxygens (including phenoxy) is 2. The highest BCUT2D eigenvalue weighted by molar-refractivity contribution is 5.95. The first-order chi connectivity index (χ1) is 11.0. The standard InChI is InChI=1S/C16H26N4O3/c1-6-17-16(18-11-15(21)20(3)4)19-12-8-9-13(22-5)14(10-12)23-7-2/h8-10H,6-7,11H2,1-5H3,(H2,17,18,19). The summed E-state index contributed by atoms with van der Waals surface area (Å²) < 4.78 is 10.8. The van der Waals surface area contributed by atoms with Gasteiger partial charge in [-0.05, 0) is 26.0 Å². The molecule has 2 N–H and O–H groups in total. The summed E-state index contributed by atoms with van der Waals surface area (Å²) in [7, 11) is 5.01. The number of carbonyl (C=O) groups is 1. The van der Waals surface area contributed by atoms with Gasteiger partial charge in [-0.2, -0.15) is 0 Å². The molecule has 0 spiro atoms. The van der Waals surface area contributed by atoms with Gasteiger partial charge in [0.15, 0.2) is 17.5 Å². The number of methoxy groups -OCH3 is 1. The van der Waals surface area contributed by atoms with Gasteiger partial charge in [-0.25, -0.2) is 4.99 Å². The van der Waals surface area contributed by atoms with Crippen molar-refractivity contribution in [3.05, 3.63) is 18.2 Å². The van der Waals surface area contributed by atoms with E-state index < -0.39 is 0 Å². The van der Waals surface area contributed by atoms with E-state index in [1.165, 1.54) is 4.90 Å². The van der Waals surface area contributed by atoms with E-state index in [-0.39, 0.29) is 12.5 Å². The molecule has 0 fully saturated rings. The number of aliphatic imine (C=N–C) groups is 1. The zero-order valence-electron chi connectivity index (χ0n) is 14.5. The molecule has 0 radical (unpaired) electrons. The van der Waals surface area contributed by atoms with Crippen molar-refractivity contribution >= 4 is 17.6 Å². The molecule has 1 aromatic carbocycles. The quantitative estimate of drug-likeness (QED) is 0.588. The van der Waals surface area contributed by atoms with Crippen molar-refractivity contribution in [3.8, 4) is 11.5 Å². The maximum atomic E-state index is 11.7. The maximum absolute atomic E-state index is 11.7. The highest BCUT2D eigenvalue weighted by Gasteiger charge is 2.08. The molecule has 0 saturated heterocycles. The maximum Gasteiger partial charge on any atom is 0.243 e. The minimum absolute atomic E-state index is 0.0630. The molecular weight excluding hydrogens is 296 g/mol. The third-order valence-corrected chi connectivity index (χ3v) is 2.94. The molecule has 1 amide bonds. The average Bonchev–Trinajstić information content (AvgIpc) is 2.53. The molecule has 0 unspecified atom stereocenters. The molecule has 0 atom stereocenters. The summed E-state index contributed by atoms with van der Waals surface area (Å²) in [6, 6.07) is 5.52. The van der Waals surface area contributed by atoms with Crippen molar-refractivity contribution < 1.29 is 14.3 Å². The van der Waals surface area contributed by atoms with Crippen LogP contribution in [-0.4, -0.2) is 57.7 Å². The summed E-state index contributed by atoms with van der Waals surface area (Å²) in [6.45, 7) is 5.20. The van der Waals surface area contributed by atoms with Gasteiger partial charge < -0.3 is 25.0 Å². The molecule has 0 aliphatic rings. The third kappa shape index (κ3) is 6.06. The fourth-order valence-electron chi connectivity index (χ4n) is 1.75. The Kier molecular flexibility index (Phi) is 7.73. The lowest BCUT2D eigenvalue weighted by Gasteiger charge is -2.15. The Labute approximate surface area is 137 Å². The minimum atomic E-state index is -0.0630. The topological polar surface area (TPSA) is 75.2 Å². The van der Waals surface area contributed by atoms with Crippen molar-refractivity contribution in [1.82, 2.24) is 10.2 Å². The van der Waals surface area contributed by atoms with Crippen LogP contribution in [-0.2, 0) is 4.79 Å². The largest absolute Gasteiger partial charge is 0.493 e. The second-order valence-corrected chi connectivity index (χ2v) is 4.91. The zero-order chi connectivity index (χ0) is 17.2. The predicted molar refractivity (Wildman–Crippen MR) is 92.5 cm³/mol. The Balaban J connectivity index is 2.89. The number of amides is 1. The second-order valence-electron chi connectivity index (χ2n) is 4.91. The monoisotopic (exact) mass is 322 g/mol. The predicted octanol–water partition coefficient (Wildman–Crippen LogP) is 1.56. The van der Waals surface area contributed by atoms with E-state index in [4.69, 9.17) is 9.47 Å². The van der Waals surface area contributed by atoms with E-state index in [1.54, 1.807) is 21.2 Å². The van der Waals surface area contributed by atoms with E-state index in [0.717, 1.165) is 5.69 Å². The van der Waals surface area contributed by atoms with Crippen molar-refractivity contribution in [2.75, 3.05) is 46.2 Å². The van der Waals surface area contributed by atoms with Crippen LogP contribution in [0.2, 0.25) is 0 Å². The lowest BCUT2D eigenvalue weighted by molar-refractivity contribution is -0.127. The first-order valence-electron chi connectivity index (χ1n) is 7.58. The summed E-state index contributed by atoms with van der Waals surface area (Å²) in [6.07, 6.45) is 0. The Morgan fingerprint density at radius 2 is 2.00 bits per heavy atom. The van der Waals surface area contributed by atoms with Gasteiger partial charge in [0, 0.05) is 32.4 Å². The lowest BCUT2D eigenvalue weighted by Crippen LogP contribution is -2.32. The fraction of sp³-hybridized carbons (Fsp3) is 0.500. The van der Waals surface area contributed by atoms with Gasteiger partial charge in [0.1, 0.15) is 6.54 Å². The van der Waals surface area contributed by atoms with E-state index in [2.05, 4.69) is 15.6 Å². The van der Waals surface area contributed by atoms with Crippen LogP contribution in [0.5, 0.6) is 11.5 Å². The summed E-state index contributed by atoms with van der Waals surface area (Å²) in [5.41, 5.74) is 0.797. The molecule has 1 aromatic rings. The molecule has 0 aliphatic carbocycles. The van der Waals surface area contributed by atoms with Crippen LogP contribution in [0.4, 0.5) is 5.69 Å². The molecule has 7 nitrogen and oxygen atoms in total. The Morgan fingerprint density at radius 3 is 2.57 bits per heavy atom. The number of carbonyl (C=O) groups excluding carboxylic acids is 1. The number of rotatable bonds is 7. The molecule has 0 aromatic heterocycles. The summed E-state index contributed by atoms with van der Waals surface area (Å²) in [4.78, 5) is 17.4. The normalized spacial score (nSPS) is 10.9. The van der Waals surface area contributed by atoms with Crippen LogP contribution < -0.4 is 20.1 Å². The number of guanidine groups is 1. The SMILES string of the molecule is CCNC(=NCC(=O)N(C)C)Nc1ccc(OC)c(OCC)c1. The van der Waals surface area contributed by atoms with Gasteiger partial charge in [-0.3, -0.25) is 4.79 Å². The molecule has 7 heteroatoms. The fourth-order valence-corrected chi connectivity index (χ4v) is 1.75. The van der Waals surface area contributed by atoms with Gasteiger partial charge in [0.25, 0.3) is 0 Å². The Hall–Kier alpha value is -2.44. The molecule has 0 heterocycles. The first-order valence-corrected chi connectivity index (χ1v) is 7.58. The van der Waals surface area contributed by atoms with Gasteiger partial charge in [-0.1, -0.05) is 0 Å². The molecule has 0 aliphatic heterocycles. The number of hydrogen-bond acceptors (Lipinski definition) is 4. The summed E-state index contributed by atoms with van der Waals surface area (Å²) >= 11 is 0. The number of anilines is 1. The van der Waals surface area contributed by atoms with Crippen LogP contribution in [0.15, 0.2) is 23.2 Å². The zero-order valence-corrected chi connectivity index (χ0v) is 14.5. The van der Waals surface area contributed by atoms with Crippen molar-refractivity contribution in [2.45, 2.75) is 13.8 Å². The molecule has 128 valence electrons. The van der Waals surface area contributed by atoms with Gasteiger partial charge in [0.2, 0.25) is 5.91 Å². The third-order valence-electron chi connectivity index (χ3n) is 2.94. The first kappa shape index (κ1) is 18.6. The number of nitrogens with one attached hydrogen (secondary N) is 2. The van der Waals surface area contributed by atoms with Crippen LogP contribution in [0, 0.1) is 0 Å². The van der Waals surface area contributed by atoms with E-state index >= 15 is 0 Å². The molecule has 0 bridgehead atoms. The summed E-state index contributed by atoms with van der Waals surface area (Å²) in [5.74, 6) is 1.80. The Morgan fingerprint density at radius 1 is 1.26 bits per heavy atom. The van der Waals surface area contributed by atoms with Crippen molar-refractivity contribution in [2.24, 2.45) is 4.99 Å². The highest BCUT2D eigenvalue weighted by Crippen LogP contribution is 2.30. The van der Waals surface area contributed by atoms with Crippen LogP contribution >= 0.6 is 0 Å². The molecule has 23 heavy (non-hydrogen) atoms. The molecule has 0 saturated carbocycles. The number of benzene rings is 1. The number of nitrogens with zero attached hydrogens (tertiary/aromatic N) is 2. The molecule has 1 rings (SSSR count). The van der Waals surface area contributed by atoms with Crippen LogP contribution in [0.1, 0.15) is 13.8 Å². The second kappa shape index (κ2) is 9.55. The summed E-state index contributed by atoms with van der Waals surface area (Å²) in [5, 5.41) is 6.26. The minimum Gasteiger partial charge on any atom is -0.493 e. The van der Waals surface area contributed by atoms with Crippen LogP contribution in [0.25, 0.3) is 0 Å². The Bertz CT molecular complexity index is 544. The average molecular weight is 322 g/mol. The van der Waals surface area contributed by atoms with E-state index in [9.17, 15) is 4.79 Å².